The Morgan fingerprint density at radius 1 is 1.14 bits per heavy atom. The lowest BCUT2D eigenvalue weighted by molar-refractivity contribution is -0.117. The van der Waals surface area contributed by atoms with Crippen molar-refractivity contribution in [2.45, 2.75) is 11.8 Å². The van der Waals surface area contributed by atoms with Crippen molar-refractivity contribution in [3.8, 4) is 5.75 Å². The molecule has 2 aromatic carbocycles. The largest absolute Gasteiger partial charge is 0.492 e. The average Bonchev–Trinajstić information content (AvgIpc) is 2.74. The van der Waals surface area contributed by atoms with E-state index in [-0.39, 0.29) is 5.91 Å². The summed E-state index contributed by atoms with van der Waals surface area (Å²) in [5.41, 5.74) is 2.00. The van der Waals surface area contributed by atoms with Crippen molar-refractivity contribution in [2.75, 3.05) is 55.3 Å². The van der Waals surface area contributed by atoms with E-state index in [1.807, 2.05) is 55.5 Å². The molecule has 154 valence electrons. The molecule has 29 heavy (non-hydrogen) atoms. The topological polar surface area (TPSA) is 44.8 Å². The fraction of sp³-hybridized carbons (Fsp3) is 0.348. The van der Waals surface area contributed by atoms with Gasteiger partial charge >= 0.3 is 0 Å². The minimum absolute atomic E-state index is 0.0276. The number of carbonyl (C=O) groups is 1. The van der Waals surface area contributed by atoms with Gasteiger partial charge in [-0.15, -0.1) is 18.3 Å². The molecule has 1 amide bonds. The van der Waals surface area contributed by atoms with Gasteiger partial charge in [0, 0.05) is 36.8 Å². The third-order valence-corrected chi connectivity index (χ3v) is 5.83. The van der Waals surface area contributed by atoms with Gasteiger partial charge in [0.25, 0.3) is 0 Å². The van der Waals surface area contributed by atoms with Crippen molar-refractivity contribution >= 4 is 29.0 Å². The molecule has 0 unspecified atom stereocenters. The highest BCUT2D eigenvalue weighted by molar-refractivity contribution is 7.99. The van der Waals surface area contributed by atoms with Crippen LogP contribution in [0.15, 0.2) is 66.1 Å². The van der Waals surface area contributed by atoms with Crippen LogP contribution in [0.4, 0.5) is 11.4 Å². The molecule has 1 saturated heterocycles. The van der Waals surface area contributed by atoms with Gasteiger partial charge in [-0.05, 0) is 31.2 Å². The fourth-order valence-electron chi connectivity index (χ4n) is 3.38. The van der Waals surface area contributed by atoms with E-state index in [0.717, 1.165) is 54.0 Å². The number of amides is 1. The van der Waals surface area contributed by atoms with Gasteiger partial charge in [-0.2, -0.15) is 0 Å². The summed E-state index contributed by atoms with van der Waals surface area (Å²) in [6.45, 7) is 10.3. The first kappa shape index (κ1) is 21.3. The molecule has 0 saturated carbocycles. The predicted molar refractivity (Wildman–Crippen MR) is 122 cm³/mol. The molecule has 1 N–H and O–H groups in total. The third-order valence-electron chi connectivity index (χ3n) is 4.76. The molecule has 2 aromatic rings. The summed E-state index contributed by atoms with van der Waals surface area (Å²) in [6.07, 6.45) is 1.87. The van der Waals surface area contributed by atoms with E-state index in [4.69, 9.17) is 4.74 Å². The quantitative estimate of drug-likeness (QED) is 0.497. The van der Waals surface area contributed by atoms with Crippen LogP contribution < -0.4 is 15.0 Å². The highest BCUT2D eigenvalue weighted by atomic mass is 32.2. The second kappa shape index (κ2) is 10.9. The first-order chi connectivity index (χ1) is 14.2. The van der Waals surface area contributed by atoms with Crippen molar-refractivity contribution < 1.29 is 9.53 Å². The number of nitrogens with zero attached hydrogens (tertiary/aromatic N) is 2. The molecule has 0 radical (unpaired) electrons. The van der Waals surface area contributed by atoms with E-state index in [9.17, 15) is 4.79 Å². The van der Waals surface area contributed by atoms with Crippen LogP contribution in [-0.4, -0.2) is 55.9 Å². The molecule has 0 atom stereocenters. The molecule has 3 rings (SSSR count). The lowest BCUT2D eigenvalue weighted by atomic mass is 10.2. The SMILES string of the molecule is C=CCSc1ccccc1NC(=O)CN1CCN(c2ccccc2OCC)CC1. The van der Waals surface area contributed by atoms with E-state index in [1.165, 1.54) is 0 Å². The fourth-order valence-corrected chi connectivity index (χ4v) is 4.13. The maximum Gasteiger partial charge on any atom is 0.238 e. The molecule has 0 spiro atoms. The van der Waals surface area contributed by atoms with Crippen molar-refractivity contribution in [3.63, 3.8) is 0 Å². The first-order valence-corrected chi connectivity index (χ1v) is 11.0. The van der Waals surface area contributed by atoms with E-state index in [1.54, 1.807) is 11.8 Å². The second-order valence-corrected chi connectivity index (χ2v) is 7.87. The number of anilines is 2. The number of piperazine rings is 1. The highest BCUT2D eigenvalue weighted by Crippen LogP contribution is 2.29. The molecule has 1 heterocycles. The summed E-state index contributed by atoms with van der Waals surface area (Å²) in [4.78, 5) is 18.2. The zero-order chi connectivity index (χ0) is 20.5. The molecule has 0 aromatic heterocycles. The van der Waals surface area contributed by atoms with Crippen LogP contribution in [0.3, 0.4) is 0 Å². The lowest BCUT2D eigenvalue weighted by Crippen LogP contribution is -2.48. The Bertz CT molecular complexity index is 819. The third kappa shape index (κ3) is 6.02. The van der Waals surface area contributed by atoms with E-state index in [2.05, 4.69) is 27.8 Å². The monoisotopic (exact) mass is 411 g/mol. The Kier molecular flexibility index (Phi) is 8.02. The smallest absolute Gasteiger partial charge is 0.238 e. The summed E-state index contributed by atoms with van der Waals surface area (Å²) in [6, 6.07) is 16.1. The van der Waals surface area contributed by atoms with Crippen molar-refractivity contribution in [1.29, 1.82) is 0 Å². The number of carbonyl (C=O) groups excluding carboxylic acids is 1. The minimum Gasteiger partial charge on any atom is -0.492 e. The molecule has 1 fully saturated rings. The van der Waals surface area contributed by atoms with Gasteiger partial charge in [-0.3, -0.25) is 9.69 Å². The zero-order valence-electron chi connectivity index (χ0n) is 17.0. The molecule has 0 aliphatic carbocycles. The summed E-state index contributed by atoms with van der Waals surface area (Å²) in [5, 5.41) is 3.07. The van der Waals surface area contributed by atoms with E-state index >= 15 is 0 Å². The Morgan fingerprint density at radius 2 is 1.86 bits per heavy atom. The first-order valence-electron chi connectivity index (χ1n) is 10.0. The standard InChI is InChI=1S/C23H29N3O2S/c1-3-17-29-22-12-8-5-9-19(22)24-23(27)18-25-13-15-26(16-14-25)20-10-6-7-11-21(20)28-4-2/h3,5-12H,1,4,13-18H2,2H3,(H,24,27). The predicted octanol–water partition coefficient (Wildman–Crippen LogP) is 4.12. The van der Waals surface area contributed by atoms with Gasteiger partial charge in [0.2, 0.25) is 5.91 Å². The molecular formula is C23H29N3O2S. The summed E-state index contributed by atoms with van der Waals surface area (Å²) < 4.78 is 5.76. The van der Waals surface area contributed by atoms with E-state index in [0.29, 0.717) is 13.2 Å². The summed E-state index contributed by atoms with van der Waals surface area (Å²) in [7, 11) is 0. The summed E-state index contributed by atoms with van der Waals surface area (Å²) in [5.74, 6) is 1.77. The number of hydrogen-bond acceptors (Lipinski definition) is 5. The van der Waals surface area contributed by atoms with Crippen molar-refractivity contribution in [2.24, 2.45) is 0 Å². The summed E-state index contributed by atoms with van der Waals surface area (Å²) >= 11 is 1.67. The number of nitrogens with one attached hydrogen (secondary N) is 1. The van der Waals surface area contributed by atoms with Gasteiger partial charge in [-0.1, -0.05) is 30.3 Å². The van der Waals surface area contributed by atoms with Crippen LogP contribution >= 0.6 is 11.8 Å². The van der Waals surface area contributed by atoms with Gasteiger partial charge in [0.05, 0.1) is 24.5 Å². The molecular weight excluding hydrogens is 382 g/mol. The lowest BCUT2D eigenvalue weighted by Gasteiger charge is -2.36. The number of rotatable bonds is 9. The van der Waals surface area contributed by atoms with Gasteiger partial charge in [0.15, 0.2) is 0 Å². The number of benzene rings is 2. The molecule has 6 heteroatoms. The zero-order valence-corrected chi connectivity index (χ0v) is 17.8. The van der Waals surface area contributed by atoms with Gasteiger partial charge < -0.3 is 15.0 Å². The molecule has 0 bridgehead atoms. The minimum atomic E-state index is 0.0276. The van der Waals surface area contributed by atoms with E-state index < -0.39 is 0 Å². The number of hydrogen-bond donors (Lipinski definition) is 1. The maximum atomic E-state index is 12.6. The van der Waals surface area contributed by atoms with Crippen LogP contribution in [-0.2, 0) is 4.79 Å². The molecule has 1 aliphatic rings. The Labute approximate surface area is 177 Å². The number of para-hydroxylation sites is 3. The van der Waals surface area contributed by atoms with Crippen LogP contribution in [0.5, 0.6) is 5.75 Å². The highest BCUT2D eigenvalue weighted by Gasteiger charge is 2.21. The van der Waals surface area contributed by atoms with Gasteiger partial charge in [-0.25, -0.2) is 0 Å². The maximum absolute atomic E-state index is 12.6. The van der Waals surface area contributed by atoms with Crippen molar-refractivity contribution in [1.82, 2.24) is 4.90 Å². The Balaban J connectivity index is 1.52. The van der Waals surface area contributed by atoms with Crippen molar-refractivity contribution in [3.05, 3.63) is 61.2 Å². The van der Waals surface area contributed by atoms with Crippen LogP contribution in [0.2, 0.25) is 0 Å². The average molecular weight is 412 g/mol. The van der Waals surface area contributed by atoms with Gasteiger partial charge in [0.1, 0.15) is 5.75 Å². The molecule has 5 nitrogen and oxygen atoms in total. The van der Waals surface area contributed by atoms with Crippen LogP contribution in [0, 0.1) is 0 Å². The number of ether oxygens (including phenoxy) is 1. The normalized spacial score (nSPS) is 14.4. The Morgan fingerprint density at radius 3 is 2.62 bits per heavy atom. The molecule has 1 aliphatic heterocycles. The number of thioether (sulfide) groups is 1. The van der Waals surface area contributed by atoms with Crippen LogP contribution in [0.1, 0.15) is 6.92 Å². The van der Waals surface area contributed by atoms with Crippen LogP contribution in [0.25, 0.3) is 0 Å². The second-order valence-electron chi connectivity index (χ2n) is 6.81. The Hall–Kier alpha value is -2.44.